The van der Waals surface area contributed by atoms with E-state index in [1.54, 1.807) is 12.1 Å². The lowest BCUT2D eigenvalue weighted by Crippen LogP contribution is -2.44. The molecule has 34 heavy (non-hydrogen) atoms. The van der Waals surface area contributed by atoms with Crippen molar-refractivity contribution in [1.82, 2.24) is 14.9 Å². The molecule has 9 heteroatoms. The molecular weight excluding hydrogens is 430 g/mol. The van der Waals surface area contributed by atoms with Gasteiger partial charge in [-0.2, -0.15) is 0 Å². The number of pyridine rings is 2. The van der Waals surface area contributed by atoms with Crippen LogP contribution >= 0.6 is 0 Å². The molecule has 1 aliphatic heterocycles. The van der Waals surface area contributed by atoms with Gasteiger partial charge in [-0.1, -0.05) is 24.8 Å². The van der Waals surface area contributed by atoms with Crippen molar-refractivity contribution in [2.24, 2.45) is 5.73 Å². The number of ether oxygens (including phenoxy) is 1. The summed E-state index contributed by atoms with van der Waals surface area (Å²) in [5.74, 6) is 1.22. The lowest BCUT2D eigenvalue weighted by molar-refractivity contribution is 0.100. The van der Waals surface area contributed by atoms with E-state index in [0.717, 1.165) is 31.9 Å². The van der Waals surface area contributed by atoms with Crippen molar-refractivity contribution >= 4 is 34.6 Å². The predicted molar refractivity (Wildman–Crippen MR) is 135 cm³/mol. The highest BCUT2D eigenvalue weighted by molar-refractivity contribution is 5.99. The number of benzene rings is 1. The van der Waals surface area contributed by atoms with Crippen molar-refractivity contribution < 1.29 is 9.53 Å². The molecule has 1 aliphatic rings. The number of rotatable bonds is 9. The molecule has 0 unspecified atom stereocenters. The zero-order valence-electron chi connectivity index (χ0n) is 19.2. The highest BCUT2D eigenvalue weighted by Gasteiger charge is 2.15. The van der Waals surface area contributed by atoms with Crippen LogP contribution in [-0.2, 0) is 0 Å². The smallest absolute Gasteiger partial charge is 0.252 e. The molecule has 2 aromatic heterocycles. The number of anilines is 5. The Balaban J connectivity index is 1.52. The van der Waals surface area contributed by atoms with E-state index in [9.17, 15) is 4.79 Å². The Morgan fingerprint density at radius 2 is 1.82 bits per heavy atom. The third-order valence-corrected chi connectivity index (χ3v) is 5.55. The van der Waals surface area contributed by atoms with Crippen molar-refractivity contribution in [2.45, 2.75) is 0 Å². The van der Waals surface area contributed by atoms with Gasteiger partial charge in [0.15, 0.2) is 0 Å². The molecular formula is C25H29N7O2. The first kappa shape index (κ1) is 23.1. The number of aromatic nitrogens is 2. The first-order chi connectivity index (χ1) is 16.5. The second-order valence-corrected chi connectivity index (χ2v) is 8.02. The van der Waals surface area contributed by atoms with E-state index in [0.29, 0.717) is 35.4 Å². The standard InChI is InChI=1S/C25H29N7O2/c1-3-14-34-22-7-5-4-6-20(22)29-21-15-24(28-17-19(21)25(26)33)30-23-9-8-18(16-27-23)32-12-10-31(2)11-13-32/h3-9,15-17H,1,10-14H2,2H3,(H2,26,33)(H2,27,28,29,30). The van der Waals surface area contributed by atoms with Gasteiger partial charge in [0.25, 0.3) is 5.91 Å². The Bertz CT molecular complexity index is 1140. The molecule has 1 fully saturated rings. The minimum atomic E-state index is -0.583. The van der Waals surface area contributed by atoms with Crippen LogP contribution < -0.4 is 26.0 Å². The molecule has 0 spiro atoms. The number of primary amides is 1. The van der Waals surface area contributed by atoms with Gasteiger partial charge in [-0.3, -0.25) is 4.79 Å². The summed E-state index contributed by atoms with van der Waals surface area (Å²) in [4.78, 5) is 25.5. The number of carbonyl (C=O) groups is 1. The Morgan fingerprint density at radius 3 is 2.53 bits per heavy atom. The van der Waals surface area contributed by atoms with Crippen molar-refractivity contribution in [1.29, 1.82) is 0 Å². The molecule has 0 aliphatic carbocycles. The summed E-state index contributed by atoms with van der Waals surface area (Å²) in [6.45, 7) is 8.07. The van der Waals surface area contributed by atoms with E-state index in [4.69, 9.17) is 10.5 Å². The fourth-order valence-corrected chi connectivity index (χ4v) is 3.66. The van der Waals surface area contributed by atoms with E-state index in [1.807, 2.05) is 42.6 Å². The van der Waals surface area contributed by atoms with Gasteiger partial charge in [-0.15, -0.1) is 0 Å². The minimum absolute atomic E-state index is 0.266. The number of likely N-dealkylation sites (N-methyl/N-ethyl adjacent to an activating group) is 1. The number of nitrogens with one attached hydrogen (secondary N) is 2. The van der Waals surface area contributed by atoms with Crippen LogP contribution in [-0.4, -0.2) is 60.6 Å². The highest BCUT2D eigenvalue weighted by atomic mass is 16.5. The third-order valence-electron chi connectivity index (χ3n) is 5.55. The second kappa shape index (κ2) is 10.7. The molecule has 0 bridgehead atoms. The third kappa shape index (κ3) is 5.62. The number of hydrogen-bond donors (Lipinski definition) is 3. The molecule has 4 rings (SSSR count). The first-order valence-electron chi connectivity index (χ1n) is 11.1. The maximum absolute atomic E-state index is 12.0. The number of para-hydroxylation sites is 2. The maximum Gasteiger partial charge on any atom is 0.252 e. The number of carbonyl (C=O) groups excluding carboxylic acids is 1. The monoisotopic (exact) mass is 459 g/mol. The summed E-state index contributed by atoms with van der Waals surface area (Å²) in [5.41, 5.74) is 8.14. The molecule has 0 saturated carbocycles. The number of nitrogens with two attached hydrogens (primary N) is 1. The summed E-state index contributed by atoms with van der Waals surface area (Å²) >= 11 is 0. The van der Waals surface area contributed by atoms with Crippen molar-refractivity contribution in [3.05, 3.63) is 73.1 Å². The second-order valence-electron chi connectivity index (χ2n) is 8.02. The molecule has 1 amide bonds. The summed E-state index contributed by atoms with van der Waals surface area (Å²) in [5, 5.41) is 6.44. The fraction of sp³-hybridized carbons (Fsp3) is 0.240. The molecule has 3 heterocycles. The maximum atomic E-state index is 12.0. The summed E-state index contributed by atoms with van der Waals surface area (Å²) in [7, 11) is 2.13. The average molecular weight is 460 g/mol. The summed E-state index contributed by atoms with van der Waals surface area (Å²) in [6, 6.07) is 13.1. The molecule has 1 saturated heterocycles. The van der Waals surface area contributed by atoms with E-state index in [2.05, 4.69) is 44.0 Å². The van der Waals surface area contributed by atoms with E-state index in [-0.39, 0.29) is 5.56 Å². The molecule has 3 aromatic rings. The number of amides is 1. The van der Waals surface area contributed by atoms with Crippen molar-refractivity contribution in [3.8, 4) is 5.75 Å². The molecule has 176 valence electrons. The van der Waals surface area contributed by atoms with Gasteiger partial charge in [0, 0.05) is 38.4 Å². The quantitative estimate of drug-likeness (QED) is 0.418. The summed E-state index contributed by atoms with van der Waals surface area (Å²) < 4.78 is 5.71. The highest BCUT2D eigenvalue weighted by Crippen LogP contribution is 2.30. The van der Waals surface area contributed by atoms with Crippen LogP contribution in [0.5, 0.6) is 5.75 Å². The Hall–Kier alpha value is -4.11. The number of nitrogens with zero attached hydrogens (tertiary/aromatic N) is 4. The summed E-state index contributed by atoms with van der Waals surface area (Å²) in [6.07, 6.45) is 4.97. The van der Waals surface area contributed by atoms with Crippen LogP contribution in [0.3, 0.4) is 0 Å². The average Bonchev–Trinajstić information content (AvgIpc) is 2.84. The molecule has 0 radical (unpaired) electrons. The topological polar surface area (TPSA) is 109 Å². The molecule has 1 aromatic carbocycles. The van der Waals surface area contributed by atoms with E-state index >= 15 is 0 Å². The predicted octanol–water partition coefficient (Wildman–Crippen LogP) is 3.38. The van der Waals surface area contributed by atoms with E-state index < -0.39 is 5.91 Å². The Kier molecular flexibility index (Phi) is 7.24. The first-order valence-corrected chi connectivity index (χ1v) is 11.1. The van der Waals surface area contributed by atoms with Crippen LogP contribution in [0.4, 0.5) is 28.7 Å². The van der Waals surface area contributed by atoms with Crippen molar-refractivity contribution in [3.63, 3.8) is 0 Å². The largest absolute Gasteiger partial charge is 0.487 e. The van der Waals surface area contributed by atoms with Gasteiger partial charge in [0.05, 0.1) is 28.8 Å². The Labute approximate surface area is 199 Å². The van der Waals surface area contributed by atoms with Gasteiger partial charge in [-0.05, 0) is 31.3 Å². The lowest BCUT2D eigenvalue weighted by Gasteiger charge is -2.33. The molecule has 0 atom stereocenters. The van der Waals surface area contributed by atoms with Gasteiger partial charge in [0.2, 0.25) is 0 Å². The SMILES string of the molecule is C=CCOc1ccccc1Nc1cc(Nc2ccc(N3CCN(C)CC3)cn2)ncc1C(N)=O. The number of piperazine rings is 1. The Morgan fingerprint density at radius 1 is 1.06 bits per heavy atom. The zero-order valence-corrected chi connectivity index (χ0v) is 19.2. The van der Waals surface area contributed by atoms with E-state index in [1.165, 1.54) is 6.20 Å². The van der Waals surface area contributed by atoms with Crippen molar-refractivity contribution in [2.75, 3.05) is 55.4 Å². The van der Waals surface area contributed by atoms with Gasteiger partial charge in [0.1, 0.15) is 24.0 Å². The van der Waals surface area contributed by atoms with Crippen LogP contribution in [0.25, 0.3) is 0 Å². The van der Waals surface area contributed by atoms with Gasteiger partial charge in [-0.25, -0.2) is 9.97 Å². The van der Waals surface area contributed by atoms with Crippen LogP contribution in [0, 0.1) is 0 Å². The lowest BCUT2D eigenvalue weighted by atomic mass is 10.2. The molecule has 9 nitrogen and oxygen atoms in total. The normalized spacial score (nSPS) is 13.9. The van der Waals surface area contributed by atoms with Crippen LogP contribution in [0.2, 0.25) is 0 Å². The van der Waals surface area contributed by atoms with Crippen LogP contribution in [0.1, 0.15) is 10.4 Å². The number of hydrogen-bond acceptors (Lipinski definition) is 8. The zero-order chi connectivity index (χ0) is 23.9. The van der Waals surface area contributed by atoms with Crippen LogP contribution in [0.15, 0.2) is 67.5 Å². The minimum Gasteiger partial charge on any atom is -0.487 e. The van der Waals surface area contributed by atoms with Gasteiger partial charge < -0.3 is 30.9 Å². The fourth-order valence-electron chi connectivity index (χ4n) is 3.66. The molecule has 4 N–H and O–H groups in total. The van der Waals surface area contributed by atoms with Gasteiger partial charge >= 0.3 is 0 Å².